The summed E-state index contributed by atoms with van der Waals surface area (Å²) in [4.78, 5) is 2.36. The van der Waals surface area contributed by atoms with Crippen molar-refractivity contribution in [3.63, 3.8) is 0 Å². The standard InChI is InChI=1S/C54H36N2Se/c1-3-11-37(12-4-1)38-19-27-44(28-20-38)55(46-31-23-40(24-32-46)42-25-33-49-48-16-8-10-18-53(48)57-54(49)36-42)45-29-21-39(22-30-45)41-26-34-52-50(35-41)47-15-7-9-17-51(47)56(52)43-13-5-2-6-14-43/h1-36H. The Kier molecular flexibility index (Phi) is 8.21. The first-order chi connectivity index (χ1) is 28.2. The van der Waals surface area contributed by atoms with Crippen LogP contribution in [0.15, 0.2) is 218 Å². The zero-order valence-corrected chi connectivity index (χ0v) is 32.8. The molecule has 0 aliphatic heterocycles. The summed E-state index contributed by atoms with van der Waals surface area (Å²) in [6.45, 7) is 0. The van der Waals surface area contributed by atoms with Gasteiger partial charge in [-0.25, -0.2) is 0 Å². The van der Waals surface area contributed by atoms with Crippen LogP contribution >= 0.6 is 0 Å². The van der Waals surface area contributed by atoms with Crippen molar-refractivity contribution >= 4 is 72.7 Å². The van der Waals surface area contributed by atoms with Crippen LogP contribution in [-0.4, -0.2) is 19.1 Å². The van der Waals surface area contributed by atoms with E-state index in [1.165, 1.54) is 80.2 Å². The van der Waals surface area contributed by atoms with E-state index in [0.29, 0.717) is 14.5 Å². The third-order valence-electron chi connectivity index (χ3n) is 11.2. The fourth-order valence-corrected chi connectivity index (χ4v) is 10.8. The van der Waals surface area contributed by atoms with Gasteiger partial charge in [-0.05, 0) is 41.5 Å². The van der Waals surface area contributed by atoms with Crippen molar-refractivity contribution in [1.82, 2.24) is 4.57 Å². The molecule has 11 aromatic rings. The summed E-state index contributed by atoms with van der Waals surface area (Å²) in [6.07, 6.45) is 0. The van der Waals surface area contributed by atoms with E-state index >= 15 is 0 Å². The van der Waals surface area contributed by atoms with Crippen molar-refractivity contribution in [2.75, 3.05) is 4.90 Å². The van der Waals surface area contributed by atoms with Gasteiger partial charge in [0.2, 0.25) is 0 Å². The maximum absolute atomic E-state index is 2.40. The van der Waals surface area contributed by atoms with Crippen LogP contribution in [0.4, 0.5) is 17.1 Å². The topological polar surface area (TPSA) is 8.17 Å². The second-order valence-corrected chi connectivity index (χ2v) is 16.8. The van der Waals surface area contributed by atoms with E-state index in [1.54, 1.807) is 0 Å². The van der Waals surface area contributed by atoms with Gasteiger partial charge in [-0.3, -0.25) is 0 Å². The van der Waals surface area contributed by atoms with Crippen molar-refractivity contribution in [3.05, 3.63) is 218 Å². The number of nitrogens with zero attached hydrogens (tertiary/aromatic N) is 2. The Labute approximate surface area is 337 Å². The van der Waals surface area contributed by atoms with Gasteiger partial charge in [0.15, 0.2) is 0 Å². The molecule has 0 spiro atoms. The molecular weight excluding hydrogens is 756 g/mol. The van der Waals surface area contributed by atoms with Crippen LogP contribution < -0.4 is 4.90 Å². The van der Waals surface area contributed by atoms with E-state index in [2.05, 4.69) is 228 Å². The second-order valence-electron chi connectivity index (χ2n) is 14.6. The molecule has 11 rings (SSSR count). The van der Waals surface area contributed by atoms with E-state index in [-0.39, 0.29) is 0 Å². The van der Waals surface area contributed by atoms with Crippen molar-refractivity contribution in [2.24, 2.45) is 0 Å². The van der Waals surface area contributed by atoms with E-state index in [1.807, 2.05) is 0 Å². The van der Waals surface area contributed by atoms with Gasteiger partial charge < -0.3 is 4.57 Å². The maximum atomic E-state index is 2.40. The molecule has 0 atom stereocenters. The van der Waals surface area contributed by atoms with Gasteiger partial charge in [0.05, 0.1) is 11.0 Å². The number of rotatable bonds is 7. The minimum atomic E-state index is 0.337. The zero-order chi connectivity index (χ0) is 37.7. The van der Waals surface area contributed by atoms with Crippen LogP contribution in [0.2, 0.25) is 0 Å². The molecule has 0 bridgehead atoms. The van der Waals surface area contributed by atoms with Crippen molar-refractivity contribution < 1.29 is 0 Å². The normalized spacial score (nSPS) is 11.5. The quantitative estimate of drug-likeness (QED) is 0.146. The van der Waals surface area contributed by atoms with Gasteiger partial charge in [0, 0.05) is 16.5 Å². The number of hydrogen-bond donors (Lipinski definition) is 0. The first-order valence-electron chi connectivity index (χ1n) is 19.4. The number of benzene rings is 9. The molecule has 3 heteroatoms. The Morgan fingerprint density at radius 2 is 0.754 bits per heavy atom. The number of fused-ring (bicyclic) bond motifs is 6. The molecular formula is C54H36N2Se. The molecule has 0 saturated heterocycles. The molecule has 2 nitrogen and oxygen atoms in total. The van der Waals surface area contributed by atoms with E-state index < -0.39 is 0 Å². The average molecular weight is 792 g/mol. The molecule has 0 radical (unpaired) electrons. The molecule has 0 aliphatic carbocycles. The molecule has 0 N–H and O–H groups in total. The Bertz CT molecular complexity index is 3200. The predicted octanol–water partition coefficient (Wildman–Crippen LogP) is 14.6. The second kappa shape index (κ2) is 14.0. The molecule has 0 unspecified atom stereocenters. The Hall–Kier alpha value is -6.90. The summed E-state index contributed by atoms with van der Waals surface area (Å²) in [5.41, 5.74) is 14.2. The van der Waals surface area contributed by atoms with Crippen LogP contribution in [0.25, 0.3) is 80.2 Å². The summed E-state index contributed by atoms with van der Waals surface area (Å²) in [5, 5.41) is 5.29. The molecule has 57 heavy (non-hydrogen) atoms. The molecule has 2 heterocycles. The molecule has 0 saturated carbocycles. The molecule has 268 valence electrons. The number of anilines is 3. The Balaban J connectivity index is 0.965. The SMILES string of the molecule is c1ccc(-c2ccc(N(c3ccc(-c4ccc5c(c4)[se]c4ccccc45)cc3)c3ccc(-c4ccc5c(c4)c4ccccc4n5-c4ccccc4)cc3)cc2)cc1. The number of aromatic nitrogens is 1. The predicted molar refractivity (Wildman–Crippen MR) is 244 cm³/mol. The summed E-state index contributed by atoms with van der Waals surface area (Å²) in [7, 11) is 0. The monoisotopic (exact) mass is 792 g/mol. The Morgan fingerprint density at radius 1 is 0.298 bits per heavy atom. The molecule has 0 amide bonds. The molecule has 0 fully saturated rings. The number of hydrogen-bond acceptors (Lipinski definition) is 1. The summed E-state index contributed by atoms with van der Waals surface area (Å²) in [5.74, 6) is 0. The van der Waals surface area contributed by atoms with Crippen molar-refractivity contribution in [2.45, 2.75) is 0 Å². The van der Waals surface area contributed by atoms with Crippen LogP contribution in [-0.2, 0) is 0 Å². The Morgan fingerprint density at radius 3 is 1.42 bits per heavy atom. The smallest absolute Gasteiger partial charge is 0.0544 e. The van der Waals surface area contributed by atoms with E-state index in [4.69, 9.17) is 0 Å². The van der Waals surface area contributed by atoms with Gasteiger partial charge in [-0.2, -0.15) is 0 Å². The third kappa shape index (κ3) is 5.97. The zero-order valence-electron chi connectivity index (χ0n) is 31.1. The van der Waals surface area contributed by atoms with Gasteiger partial charge in [-0.1, -0.05) is 72.8 Å². The van der Waals surface area contributed by atoms with Crippen LogP contribution in [0.1, 0.15) is 0 Å². The molecule has 0 aliphatic rings. The van der Waals surface area contributed by atoms with Gasteiger partial charge in [0.1, 0.15) is 0 Å². The van der Waals surface area contributed by atoms with E-state index in [9.17, 15) is 0 Å². The maximum Gasteiger partial charge on any atom is -0.0544 e. The van der Waals surface area contributed by atoms with Crippen LogP contribution in [0.5, 0.6) is 0 Å². The largest absolute Gasteiger partial charge is 0.0617 e. The fraction of sp³-hybridized carbons (Fsp3) is 0. The molecule has 2 aromatic heterocycles. The summed E-state index contributed by atoms with van der Waals surface area (Å²) < 4.78 is 5.31. The summed E-state index contributed by atoms with van der Waals surface area (Å²) >= 11 is 0.337. The fourth-order valence-electron chi connectivity index (χ4n) is 8.40. The van der Waals surface area contributed by atoms with Crippen LogP contribution in [0, 0.1) is 0 Å². The minimum absolute atomic E-state index is 0.337. The first kappa shape index (κ1) is 33.4. The summed E-state index contributed by atoms with van der Waals surface area (Å²) in [6, 6.07) is 79.7. The van der Waals surface area contributed by atoms with Gasteiger partial charge in [-0.15, -0.1) is 0 Å². The van der Waals surface area contributed by atoms with Crippen LogP contribution in [0.3, 0.4) is 0 Å². The van der Waals surface area contributed by atoms with Gasteiger partial charge in [0.25, 0.3) is 0 Å². The van der Waals surface area contributed by atoms with Crippen molar-refractivity contribution in [3.8, 4) is 39.1 Å². The van der Waals surface area contributed by atoms with E-state index in [0.717, 1.165) is 17.1 Å². The average Bonchev–Trinajstić information content (AvgIpc) is 3.83. The third-order valence-corrected chi connectivity index (χ3v) is 13.6. The minimum Gasteiger partial charge on any atom is -0.0617 e. The van der Waals surface area contributed by atoms with Gasteiger partial charge >= 0.3 is 193 Å². The number of para-hydroxylation sites is 2. The first-order valence-corrected chi connectivity index (χ1v) is 21.1. The van der Waals surface area contributed by atoms with Crippen molar-refractivity contribution in [1.29, 1.82) is 0 Å². The molecule has 9 aromatic carbocycles.